The van der Waals surface area contributed by atoms with Gasteiger partial charge in [-0.15, -0.1) is 23.2 Å². The summed E-state index contributed by atoms with van der Waals surface area (Å²) in [5, 5.41) is 43.1. The van der Waals surface area contributed by atoms with Crippen molar-refractivity contribution < 1.29 is 20.4 Å². The van der Waals surface area contributed by atoms with Gasteiger partial charge < -0.3 is 20.4 Å². The maximum absolute atomic E-state index is 11.1. The lowest BCUT2D eigenvalue weighted by atomic mass is 10.00. The number of aliphatic imine (C=N–C) groups is 4. The molecule has 5 aliphatic heterocycles. The summed E-state index contributed by atoms with van der Waals surface area (Å²) >= 11 is 9.53. The minimum atomic E-state index is -0.623. The Labute approximate surface area is 221 Å². The zero-order valence-electron chi connectivity index (χ0n) is 19.0. The first kappa shape index (κ1) is 24.3. The number of fused-ring (bicyclic) bond motifs is 4. The maximum Gasteiger partial charge on any atom is 0.190 e. The third-order valence-corrected chi connectivity index (χ3v) is 5.62. The molecule has 5 aliphatic rings. The van der Waals surface area contributed by atoms with Gasteiger partial charge in [-0.25, -0.2) is 20.0 Å². The van der Waals surface area contributed by atoms with Gasteiger partial charge in [0.1, 0.15) is 5.70 Å². The second-order valence-corrected chi connectivity index (χ2v) is 8.76. The summed E-state index contributed by atoms with van der Waals surface area (Å²) in [6, 6.07) is 9.12. The van der Waals surface area contributed by atoms with E-state index in [0.717, 1.165) is 0 Å². The summed E-state index contributed by atoms with van der Waals surface area (Å²) < 4.78 is 0. The highest BCUT2D eigenvalue weighted by Crippen LogP contribution is 2.36. The number of benzene rings is 1. The summed E-state index contributed by atoms with van der Waals surface area (Å²) in [5.41, 5.74) is 3.43. The van der Waals surface area contributed by atoms with E-state index >= 15 is 0 Å². The summed E-state index contributed by atoms with van der Waals surface area (Å²) in [7, 11) is 0. The molecule has 1 aromatic rings. The second-order valence-electron chi connectivity index (χ2n) is 7.95. The summed E-state index contributed by atoms with van der Waals surface area (Å²) in [4.78, 5) is 17.7. The molecule has 0 radical (unpaired) electrons. The Hall–Kier alpha value is -4.40. The molecular formula is C27H18Cl2N4O4. The molecule has 8 nitrogen and oxygen atoms in total. The molecule has 6 rings (SSSR count). The van der Waals surface area contributed by atoms with Gasteiger partial charge in [-0.2, -0.15) is 0 Å². The summed E-state index contributed by atoms with van der Waals surface area (Å²) in [6.45, 7) is 0. The van der Waals surface area contributed by atoms with E-state index in [1.54, 1.807) is 24.3 Å². The molecule has 0 spiro atoms. The number of halogens is 2. The van der Waals surface area contributed by atoms with Crippen molar-refractivity contribution in [2.24, 2.45) is 20.0 Å². The first-order valence-electron chi connectivity index (χ1n) is 10.9. The molecule has 0 fully saturated rings. The van der Waals surface area contributed by atoms with E-state index in [0.29, 0.717) is 39.7 Å². The van der Waals surface area contributed by atoms with E-state index in [1.807, 2.05) is 42.5 Å². The lowest BCUT2D eigenvalue weighted by Crippen LogP contribution is -2.07. The van der Waals surface area contributed by atoms with Crippen LogP contribution in [-0.4, -0.2) is 48.6 Å². The Morgan fingerprint density at radius 1 is 0.622 bits per heavy atom. The van der Waals surface area contributed by atoms with Crippen LogP contribution in [0.3, 0.4) is 0 Å². The molecule has 0 aliphatic carbocycles. The molecule has 0 atom stereocenters. The van der Waals surface area contributed by atoms with Crippen LogP contribution in [0.15, 0.2) is 139 Å². The third kappa shape index (κ3) is 4.60. The normalized spacial score (nSPS) is 19.7. The van der Waals surface area contributed by atoms with Crippen molar-refractivity contribution in [1.29, 1.82) is 0 Å². The monoisotopic (exact) mass is 532 g/mol. The van der Waals surface area contributed by atoms with E-state index in [2.05, 4.69) is 20.0 Å². The molecule has 0 aromatic heterocycles. The van der Waals surface area contributed by atoms with Crippen LogP contribution in [0.25, 0.3) is 5.57 Å². The first-order chi connectivity index (χ1) is 17.9. The smallest absolute Gasteiger partial charge is 0.190 e. The van der Waals surface area contributed by atoms with Crippen LogP contribution in [-0.2, 0) is 0 Å². The van der Waals surface area contributed by atoms with E-state index in [1.165, 1.54) is 6.08 Å². The van der Waals surface area contributed by atoms with Crippen LogP contribution in [0.1, 0.15) is 5.56 Å². The topological polar surface area (TPSA) is 130 Å². The highest BCUT2D eigenvalue weighted by molar-refractivity contribution is 6.40. The van der Waals surface area contributed by atoms with E-state index in [-0.39, 0.29) is 28.2 Å². The lowest BCUT2D eigenvalue weighted by molar-refractivity contribution is 0.354. The molecule has 37 heavy (non-hydrogen) atoms. The number of aliphatic hydroxyl groups is 4. The minimum Gasteiger partial charge on any atom is -0.505 e. The van der Waals surface area contributed by atoms with Gasteiger partial charge in [-0.3, -0.25) is 0 Å². The van der Waals surface area contributed by atoms with Crippen LogP contribution in [0.5, 0.6) is 0 Å². The highest BCUT2D eigenvalue weighted by atomic mass is 35.5. The predicted octanol–water partition coefficient (Wildman–Crippen LogP) is 6.07. The lowest BCUT2D eigenvalue weighted by Gasteiger charge is -2.05. The van der Waals surface area contributed by atoms with Gasteiger partial charge in [0, 0.05) is 0 Å². The van der Waals surface area contributed by atoms with Gasteiger partial charge in [-0.05, 0) is 48.1 Å². The largest absolute Gasteiger partial charge is 0.505 e. The fourth-order valence-electron chi connectivity index (χ4n) is 4.01. The molecule has 5 heterocycles. The van der Waals surface area contributed by atoms with E-state index < -0.39 is 17.3 Å². The van der Waals surface area contributed by atoms with Crippen molar-refractivity contribution in [3.63, 3.8) is 0 Å². The van der Waals surface area contributed by atoms with Crippen molar-refractivity contribution in [2.75, 3.05) is 5.34 Å². The van der Waals surface area contributed by atoms with Crippen molar-refractivity contribution in [3.05, 3.63) is 124 Å². The maximum atomic E-state index is 11.1. The molecule has 0 saturated heterocycles. The fraction of sp³-hybridized carbons (Fsp3) is 0.0370. The van der Waals surface area contributed by atoms with Crippen LogP contribution in [0.4, 0.5) is 0 Å². The zero-order chi connectivity index (χ0) is 26.1. The number of alkyl halides is 2. The third-order valence-electron chi connectivity index (χ3n) is 5.62. The Kier molecular flexibility index (Phi) is 6.52. The number of hydrogen-bond acceptors (Lipinski definition) is 8. The molecule has 184 valence electrons. The van der Waals surface area contributed by atoms with Gasteiger partial charge in [0.15, 0.2) is 34.4 Å². The SMILES string of the molecule is ClCCl.OC1=C(O)C2=NC1=CC1=NC(=CC3=NC(=CC4=NC(=C2O)C(O)=C4c2ccccc2)C=C3)C=C1. The Bertz CT molecular complexity index is 1580. The molecule has 4 N–H and O–H groups in total. The van der Waals surface area contributed by atoms with Crippen molar-refractivity contribution in [3.8, 4) is 0 Å². The minimum absolute atomic E-state index is 0.0191. The number of aliphatic hydroxyl groups excluding tert-OH is 4. The average molecular weight is 533 g/mol. The van der Waals surface area contributed by atoms with Gasteiger partial charge in [0.05, 0.1) is 39.4 Å². The number of rotatable bonds is 1. The molecule has 0 amide bonds. The zero-order valence-corrected chi connectivity index (χ0v) is 20.5. The van der Waals surface area contributed by atoms with Crippen molar-refractivity contribution in [1.82, 2.24) is 0 Å². The molecule has 1 aromatic carbocycles. The fourth-order valence-corrected chi connectivity index (χ4v) is 4.01. The van der Waals surface area contributed by atoms with Crippen LogP contribution < -0.4 is 0 Å². The average Bonchev–Trinajstić information content (AvgIpc) is 3.65. The van der Waals surface area contributed by atoms with Crippen molar-refractivity contribution >= 4 is 51.6 Å². The van der Waals surface area contributed by atoms with E-state index in [9.17, 15) is 20.4 Å². The van der Waals surface area contributed by atoms with Crippen LogP contribution in [0.2, 0.25) is 0 Å². The Morgan fingerprint density at radius 2 is 1.24 bits per heavy atom. The van der Waals surface area contributed by atoms with Crippen molar-refractivity contribution in [2.45, 2.75) is 0 Å². The quantitative estimate of drug-likeness (QED) is 0.327. The van der Waals surface area contributed by atoms with Crippen LogP contribution >= 0.6 is 23.2 Å². The van der Waals surface area contributed by atoms with Crippen LogP contribution in [0, 0.1) is 0 Å². The predicted molar refractivity (Wildman–Crippen MR) is 147 cm³/mol. The molecule has 0 saturated carbocycles. The highest BCUT2D eigenvalue weighted by Gasteiger charge is 2.33. The van der Waals surface area contributed by atoms with Gasteiger partial charge >= 0.3 is 0 Å². The van der Waals surface area contributed by atoms with Gasteiger partial charge in [0.25, 0.3) is 0 Å². The first-order valence-corrected chi connectivity index (χ1v) is 12.0. The molecule has 8 bridgehead atoms. The van der Waals surface area contributed by atoms with Gasteiger partial charge in [0.2, 0.25) is 0 Å². The van der Waals surface area contributed by atoms with Gasteiger partial charge in [-0.1, -0.05) is 30.3 Å². The number of nitrogens with zero attached hydrogens (tertiary/aromatic N) is 4. The molecule has 10 heteroatoms. The summed E-state index contributed by atoms with van der Waals surface area (Å²) in [6.07, 6.45) is 12.2. The Balaban J connectivity index is 0.000000892. The molecular weight excluding hydrogens is 515 g/mol. The standard InChI is InChI=1S/C26H16N4O4.CH2Cl2/c31-23-19-12-17-9-7-15(28-17)10-14-6-8-16(27-14)11-18-20(13-4-2-1-3-5-13)24(32)21(29-18)25(33)22(30-19)26(23)34;2-1-3/h1-12,31-34H;1H2. The number of allylic oxidation sites excluding steroid dienone is 8. The molecule has 0 unspecified atom stereocenters. The van der Waals surface area contributed by atoms with E-state index in [4.69, 9.17) is 23.2 Å². The Morgan fingerprint density at radius 3 is 1.92 bits per heavy atom. The summed E-state index contributed by atoms with van der Waals surface area (Å²) in [5.74, 6) is -1.99. The number of hydrogen-bond donors (Lipinski definition) is 4. The second kappa shape index (κ2) is 9.93.